The number of pyridine rings is 1. The van der Waals surface area contributed by atoms with E-state index in [0.717, 1.165) is 12.0 Å². The summed E-state index contributed by atoms with van der Waals surface area (Å²) in [6.45, 7) is 3.98. The first-order valence-electron chi connectivity index (χ1n) is 9.22. The number of carbonyl (C=O) groups excluding carboxylic acids is 1. The van der Waals surface area contributed by atoms with Gasteiger partial charge in [0.05, 0.1) is 4.90 Å². The van der Waals surface area contributed by atoms with Crippen LogP contribution in [0.2, 0.25) is 0 Å². The van der Waals surface area contributed by atoms with Crippen molar-refractivity contribution >= 4 is 21.7 Å². The molecule has 2 aromatic rings. The Balaban J connectivity index is 1.58. The minimum Gasteiger partial charge on any atom is -0.334 e. The molecule has 1 aliphatic heterocycles. The fraction of sp³-hybridized carbons (Fsp3) is 0.368. The fourth-order valence-corrected chi connectivity index (χ4v) is 4.40. The summed E-state index contributed by atoms with van der Waals surface area (Å²) in [4.78, 5) is 16.2. The summed E-state index contributed by atoms with van der Waals surface area (Å²) in [6, 6.07) is 9.83. The van der Waals surface area contributed by atoms with E-state index in [9.17, 15) is 13.2 Å². The molecule has 1 atom stereocenters. The molecule has 28 heavy (non-hydrogen) atoms. The van der Waals surface area contributed by atoms with Crippen LogP contribution in [0.1, 0.15) is 18.9 Å². The Morgan fingerprint density at radius 1 is 1.25 bits per heavy atom. The van der Waals surface area contributed by atoms with Gasteiger partial charge >= 0.3 is 6.03 Å². The van der Waals surface area contributed by atoms with Gasteiger partial charge in [0.1, 0.15) is 0 Å². The maximum Gasteiger partial charge on any atom is 0.319 e. The average molecular weight is 404 g/mol. The molecule has 1 saturated heterocycles. The molecule has 2 amide bonds. The summed E-state index contributed by atoms with van der Waals surface area (Å²) in [5.74, 6) is 0. The molecule has 8 nitrogen and oxygen atoms in total. The number of nitrogens with one attached hydrogen (secondary N) is 3. The van der Waals surface area contributed by atoms with E-state index in [1.54, 1.807) is 30.6 Å². The monoisotopic (exact) mass is 403 g/mol. The molecule has 150 valence electrons. The SMILES string of the molecule is CC1CCN(S(=O)(=O)c2ccc(NC(=O)NCc3cccnc3)cc2)CCN1. The van der Waals surface area contributed by atoms with Crippen LogP contribution in [0, 0.1) is 0 Å². The number of carbonyl (C=O) groups is 1. The summed E-state index contributed by atoms with van der Waals surface area (Å²) in [7, 11) is -3.54. The van der Waals surface area contributed by atoms with Crippen molar-refractivity contribution in [3.05, 3.63) is 54.4 Å². The molecular formula is C19H25N5O3S. The van der Waals surface area contributed by atoms with E-state index >= 15 is 0 Å². The highest BCUT2D eigenvalue weighted by Crippen LogP contribution is 2.19. The molecule has 0 saturated carbocycles. The average Bonchev–Trinajstić information content (AvgIpc) is 2.93. The number of anilines is 1. The number of hydrogen-bond acceptors (Lipinski definition) is 5. The van der Waals surface area contributed by atoms with Gasteiger partial charge in [-0.05, 0) is 49.2 Å². The van der Waals surface area contributed by atoms with Crippen LogP contribution >= 0.6 is 0 Å². The van der Waals surface area contributed by atoms with Crippen molar-refractivity contribution in [3.63, 3.8) is 0 Å². The third kappa shape index (κ3) is 5.28. The molecule has 3 N–H and O–H groups in total. The second-order valence-electron chi connectivity index (χ2n) is 6.74. The number of amides is 2. The number of sulfonamides is 1. The van der Waals surface area contributed by atoms with Gasteiger partial charge in [-0.2, -0.15) is 4.31 Å². The van der Waals surface area contributed by atoms with Crippen molar-refractivity contribution < 1.29 is 13.2 Å². The minimum atomic E-state index is -3.54. The van der Waals surface area contributed by atoms with Gasteiger partial charge in [-0.25, -0.2) is 13.2 Å². The zero-order valence-corrected chi connectivity index (χ0v) is 16.6. The second kappa shape index (κ2) is 9.13. The number of hydrogen-bond donors (Lipinski definition) is 3. The lowest BCUT2D eigenvalue weighted by atomic mass is 10.2. The molecule has 0 spiro atoms. The van der Waals surface area contributed by atoms with Gasteiger partial charge in [-0.3, -0.25) is 4.98 Å². The molecular weight excluding hydrogens is 378 g/mol. The third-order valence-electron chi connectivity index (χ3n) is 4.59. The number of benzene rings is 1. The van der Waals surface area contributed by atoms with Crippen molar-refractivity contribution in [2.24, 2.45) is 0 Å². The lowest BCUT2D eigenvalue weighted by Gasteiger charge is -2.20. The summed E-state index contributed by atoms with van der Waals surface area (Å²) in [6.07, 6.45) is 4.12. The predicted octanol–water partition coefficient (Wildman–Crippen LogP) is 1.78. The molecule has 0 aliphatic carbocycles. The van der Waals surface area contributed by atoms with Crippen LogP contribution in [0.5, 0.6) is 0 Å². The summed E-state index contributed by atoms with van der Waals surface area (Å²) in [5, 5.41) is 8.72. The van der Waals surface area contributed by atoms with Crippen molar-refractivity contribution in [3.8, 4) is 0 Å². The van der Waals surface area contributed by atoms with E-state index in [0.29, 0.717) is 37.9 Å². The first kappa shape index (κ1) is 20.2. The Hall–Kier alpha value is -2.49. The predicted molar refractivity (Wildman–Crippen MR) is 107 cm³/mol. The fourth-order valence-electron chi connectivity index (χ4n) is 2.95. The number of nitrogens with zero attached hydrogens (tertiary/aromatic N) is 2. The van der Waals surface area contributed by atoms with Crippen LogP contribution < -0.4 is 16.0 Å². The van der Waals surface area contributed by atoms with E-state index in [4.69, 9.17) is 0 Å². The minimum absolute atomic E-state index is 0.225. The van der Waals surface area contributed by atoms with Crippen LogP contribution in [0.4, 0.5) is 10.5 Å². The molecule has 9 heteroatoms. The van der Waals surface area contributed by atoms with Gasteiger partial charge in [-0.15, -0.1) is 0 Å². The first-order valence-corrected chi connectivity index (χ1v) is 10.7. The van der Waals surface area contributed by atoms with E-state index in [-0.39, 0.29) is 10.9 Å². The number of aromatic nitrogens is 1. The highest BCUT2D eigenvalue weighted by atomic mass is 32.2. The standard InChI is InChI=1S/C19H25N5O3S/c1-15-8-11-24(12-10-21-15)28(26,27)18-6-4-17(5-7-18)23-19(25)22-14-16-3-2-9-20-13-16/h2-7,9,13,15,21H,8,10-12,14H2,1H3,(H2,22,23,25). The molecule has 1 fully saturated rings. The maximum absolute atomic E-state index is 12.8. The number of urea groups is 1. The van der Waals surface area contributed by atoms with E-state index in [2.05, 4.69) is 27.9 Å². The van der Waals surface area contributed by atoms with Crippen LogP contribution in [-0.4, -0.2) is 49.4 Å². The first-order chi connectivity index (χ1) is 13.4. The molecule has 1 aromatic carbocycles. The van der Waals surface area contributed by atoms with Crippen molar-refractivity contribution in [1.82, 2.24) is 19.9 Å². The third-order valence-corrected chi connectivity index (χ3v) is 6.50. The zero-order chi connectivity index (χ0) is 20.0. The Morgan fingerprint density at radius 3 is 2.75 bits per heavy atom. The van der Waals surface area contributed by atoms with Crippen molar-refractivity contribution in [1.29, 1.82) is 0 Å². The molecule has 1 aromatic heterocycles. The molecule has 0 bridgehead atoms. The lowest BCUT2D eigenvalue weighted by molar-refractivity contribution is 0.251. The highest BCUT2D eigenvalue weighted by Gasteiger charge is 2.26. The number of rotatable bonds is 5. The van der Waals surface area contributed by atoms with Gasteiger partial charge in [0.25, 0.3) is 0 Å². The Morgan fingerprint density at radius 2 is 2.04 bits per heavy atom. The van der Waals surface area contributed by atoms with Gasteiger partial charge in [-0.1, -0.05) is 6.07 Å². The lowest BCUT2D eigenvalue weighted by Crippen LogP contribution is -2.34. The van der Waals surface area contributed by atoms with E-state index in [1.165, 1.54) is 16.4 Å². The smallest absolute Gasteiger partial charge is 0.319 e. The summed E-state index contributed by atoms with van der Waals surface area (Å²) < 4.78 is 27.2. The molecule has 1 unspecified atom stereocenters. The summed E-state index contributed by atoms with van der Waals surface area (Å²) in [5.41, 5.74) is 1.41. The van der Waals surface area contributed by atoms with Crippen molar-refractivity contribution in [2.45, 2.75) is 30.8 Å². The van der Waals surface area contributed by atoms with Gasteiger partial charge in [0.2, 0.25) is 10.0 Å². The Labute approximate surface area is 165 Å². The van der Waals surface area contributed by atoms with E-state index in [1.807, 2.05) is 6.07 Å². The largest absolute Gasteiger partial charge is 0.334 e. The van der Waals surface area contributed by atoms with Gasteiger partial charge in [0.15, 0.2) is 0 Å². The van der Waals surface area contributed by atoms with Crippen LogP contribution in [0.25, 0.3) is 0 Å². The normalized spacial score (nSPS) is 18.2. The zero-order valence-electron chi connectivity index (χ0n) is 15.8. The molecule has 0 radical (unpaired) electrons. The molecule has 1 aliphatic rings. The van der Waals surface area contributed by atoms with Crippen LogP contribution in [0.3, 0.4) is 0 Å². The molecule has 3 rings (SSSR count). The second-order valence-corrected chi connectivity index (χ2v) is 8.68. The van der Waals surface area contributed by atoms with Gasteiger partial charge in [0, 0.05) is 50.3 Å². The van der Waals surface area contributed by atoms with Crippen LogP contribution in [0.15, 0.2) is 53.7 Å². The summed E-state index contributed by atoms with van der Waals surface area (Å²) >= 11 is 0. The van der Waals surface area contributed by atoms with Crippen LogP contribution in [-0.2, 0) is 16.6 Å². The van der Waals surface area contributed by atoms with E-state index < -0.39 is 10.0 Å². The highest BCUT2D eigenvalue weighted by molar-refractivity contribution is 7.89. The maximum atomic E-state index is 12.8. The quantitative estimate of drug-likeness (QED) is 0.706. The van der Waals surface area contributed by atoms with Gasteiger partial charge < -0.3 is 16.0 Å². The Kier molecular flexibility index (Phi) is 6.61. The molecule has 2 heterocycles. The topological polar surface area (TPSA) is 103 Å². The Bertz CT molecular complexity index is 888. The van der Waals surface area contributed by atoms with Crippen molar-refractivity contribution in [2.75, 3.05) is 25.0 Å².